The van der Waals surface area contributed by atoms with Crippen LogP contribution in [0.5, 0.6) is 0 Å². The minimum atomic E-state index is -0.597. The number of esters is 1. The maximum atomic E-state index is 11.8. The second-order valence-corrected chi connectivity index (χ2v) is 6.05. The average molecular weight is 271 g/mol. The number of ether oxygens (including phenoxy) is 2. The highest BCUT2D eigenvalue weighted by molar-refractivity contribution is 5.81. The number of alkyl carbamates (subject to hydrolysis) is 1. The van der Waals surface area contributed by atoms with Crippen LogP contribution in [-0.4, -0.2) is 30.8 Å². The van der Waals surface area contributed by atoms with Crippen LogP contribution in [0.4, 0.5) is 4.79 Å². The van der Waals surface area contributed by atoms with Gasteiger partial charge < -0.3 is 14.8 Å². The lowest BCUT2D eigenvalue weighted by molar-refractivity contribution is -0.145. The fourth-order valence-corrected chi connectivity index (χ4v) is 2.40. The van der Waals surface area contributed by atoms with Gasteiger partial charge in [0.15, 0.2) is 0 Å². The third kappa shape index (κ3) is 5.49. The van der Waals surface area contributed by atoms with E-state index in [1.54, 1.807) is 20.8 Å². The number of carbonyl (C=O) groups is 2. The van der Waals surface area contributed by atoms with Crippen molar-refractivity contribution in [3.05, 3.63) is 0 Å². The van der Waals surface area contributed by atoms with Gasteiger partial charge in [0.1, 0.15) is 11.6 Å². The first-order valence-electron chi connectivity index (χ1n) is 6.91. The summed E-state index contributed by atoms with van der Waals surface area (Å²) in [6.45, 7) is 5.38. The van der Waals surface area contributed by atoms with E-state index in [0.717, 1.165) is 25.7 Å². The number of carbonyl (C=O) groups excluding carboxylic acids is 2. The van der Waals surface area contributed by atoms with E-state index in [1.165, 1.54) is 13.5 Å². The summed E-state index contributed by atoms with van der Waals surface area (Å²) in [4.78, 5) is 23.6. The van der Waals surface area contributed by atoms with Gasteiger partial charge in [0.05, 0.1) is 7.11 Å². The van der Waals surface area contributed by atoms with Crippen LogP contribution >= 0.6 is 0 Å². The van der Waals surface area contributed by atoms with Crippen molar-refractivity contribution < 1.29 is 19.1 Å². The molecule has 110 valence electrons. The number of nitrogens with one attached hydrogen (secondary N) is 1. The Bertz CT molecular complexity index is 316. The van der Waals surface area contributed by atoms with Crippen LogP contribution in [0, 0.1) is 5.92 Å². The van der Waals surface area contributed by atoms with Crippen LogP contribution in [0.1, 0.15) is 52.9 Å². The normalized spacial score (nSPS) is 18.5. The summed E-state index contributed by atoms with van der Waals surface area (Å²) in [7, 11) is 1.34. The molecule has 1 aliphatic rings. The first-order valence-corrected chi connectivity index (χ1v) is 6.91. The van der Waals surface area contributed by atoms with Crippen LogP contribution in [-0.2, 0) is 14.3 Å². The average Bonchev–Trinajstić information content (AvgIpc) is 2.34. The predicted molar refractivity (Wildman–Crippen MR) is 71.7 cm³/mol. The molecule has 1 atom stereocenters. The van der Waals surface area contributed by atoms with Crippen molar-refractivity contribution in [2.45, 2.75) is 64.5 Å². The molecule has 0 spiro atoms. The van der Waals surface area contributed by atoms with Crippen LogP contribution < -0.4 is 5.32 Å². The van der Waals surface area contributed by atoms with Crippen LogP contribution in [0.25, 0.3) is 0 Å². The molecule has 1 aliphatic carbocycles. The summed E-state index contributed by atoms with van der Waals surface area (Å²) in [6.07, 6.45) is 4.69. The number of hydrogen-bond donors (Lipinski definition) is 1. The quantitative estimate of drug-likeness (QED) is 0.801. The molecule has 0 radical (unpaired) electrons. The van der Waals surface area contributed by atoms with E-state index in [4.69, 9.17) is 9.47 Å². The molecule has 0 bridgehead atoms. The monoisotopic (exact) mass is 271 g/mol. The molecule has 1 fully saturated rings. The highest BCUT2D eigenvalue weighted by Crippen LogP contribution is 2.27. The molecular formula is C14H25NO4. The van der Waals surface area contributed by atoms with Gasteiger partial charge in [-0.05, 0) is 39.5 Å². The zero-order valence-corrected chi connectivity index (χ0v) is 12.3. The maximum Gasteiger partial charge on any atom is 0.408 e. The topological polar surface area (TPSA) is 64.6 Å². The predicted octanol–water partition coefficient (Wildman–Crippen LogP) is 2.63. The van der Waals surface area contributed by atoms with Gasteiger partial charge in [-0.2, -0.15) is 0 Å². The lowest BCUT2D eigenvalue weighted by atomic mass is 9.84. The van der Waals surface area contributed by atoms with Crippen molar-refractivity contribution in [1.29, 1.82) is 0 Å². The number of hydrogen-bond acceptors (Lipinski definition) is 4. The van der Waals surface area contributed by atoms with Gasteiger partial charge in [-0.1, -0.05) is 19.3 Å². The largest absolute Gasteiger partial charge is 0.467 e. The van der Waals surface area contributed by atoms with Crippen LogP contribution in [0.3, 0.4) is 0 Å². The van der Waals surface area contributed by atoms with E-state index in [-0.39, 0.29) is 5.92 Å². The van der Waals surface area contributed by atoms with E-state index >= 15 is 0 Å². The fourth-order valence-electron chi connectivity index (χ4n) is 2.40. The summed E-state index contributed by atoms with van der Waals surface area (Å²) in [5.74, 6) is -0.244. The highest BCUT2D eigenvalue weighted by Gasteiger charge is 2.32. The zero-order chi connectivity index (χ0) is 14.5. The number of rotatable bonds is 3. The Kier molecular flexibility index (Phi) is 5.63. The van der Waals surface area contributed by atoms with Gasteiger partial charge in [0.25, 0.3) is 0 Å². The summed E-state index contributed by atoms with van der Waals surface area (Å²) in [5.41, 5.74) is -0.572. The lowest BCUT2D eigenvalue weighted by Crippen LogP contribution is -2.48. The molecule has 0 heterocycles. The van der Waals surface area contributed by atoms with Crippen molar-refractivity contribution in [3.8, 4) is 0 Å². The molecule has 0 unspecified atom stereocenters. The molecule has 0 aromatic rings. The standard InChI is InChI=1S/C14H25NO4/c1-14(2,3)19-13(17)15-11(12(16)18-4)10-8-6-5-7-9-10/h10-11H,5-9H2,1-4H3,(H,15,17)/t11-/m1/s1. The fraction of sp³-hybridized carbons (Fsp3) is 0.857. The van der Waals surface area contributed by atoms with E-state index < -0.39 is 23.7 Å². The van der Waals surface area contributed by atoms with Crippen molar-refractivity contribution >= 4 is 12.1 Å². The Morgan fingerprint density at radius 1 is 1.16 bits per heavy atom. The third-order valence-electron chi connectivity index (χ3n) is 3.25. The molecule has 1 N–H and O–H groups in total. The van der Waals surface area contributed by atoms with Gasteiger partial charge in [-0.25, -0.2) is 9.59 Å². The molecule has 1 amide bonds. The van der Waals surface area contributed by atoms with E-state index in [2.05, 4.69) is 5.32 Å². The number of methoxy groups -OCH3 is 1. The summed E-state index contributed by atoms with van der Waals surface area (Å²) in [5, 5.41) is 2.66. The van der Waals surface area contributed by atoms with Crippen molar-refractivity contribution in [2.75, 3.05) is 7.11 Å². The molecule has 1 saturated carbocycles. The molecule has 19 heavy (non-hydrogen) atoms. The van der Waals surface area contributed by atoms with Gasteiger partial charge in [0.2, 0.25) is 0 Å². The van der Waals surface area contributed by atoms with Gasteiger partial charge in [-0.3, -0.25) is 0 Å². The van der Waals surface area contributed by atoms with Crippen molar-refractivity contribution in [3.63, 3.8) is 0 Å². The van der Waals surface area contributed by atoms with Gasteiger partial charge in [0, 0.05) is 0 Å². The number of amides is 1. The van der Waals surface area contributed by atoms with Crippen LogP contribution in [0.2, 0.25) is 0 Å². The molecule has 5 nitrogen and oxygen atoms in total. The van der Waals surface area contributed by atoms with Crippen molar-refractivity contribution in [2.24, 2.45) is 5.92 Å². The molecule has 0 aromatic heterocycles. The summed E-state index contributed by atoms with van der Waals surface area (Å²) in [6, 6.07) is -0.597. The summed E-state index contributed by atoms with van der Waals surface area (Å²) >= 11 is 0. The molecule has 0 aliphatic heterocycles. The van der Waals surface area contributed by atoms with Gasteiger partial charge >= 0.3 is 12.1 Å². The lowest BCUT2D eigenvalue weighted by Gasteiger charge is -2.30. The molecular weight excluding hydrogens is 246 g/mol. The maximum absolute atomic E-state index is 11.8. The molecule has 0 aromatic carbocycles. The van der Waals surface area contributed by atoms with E-state index in [9.17, 15) is 9.59 Å². The molecule has 5 heteroatoms. The Hall–Kier alpha value is -1.26. The van der Waals surface area contributed by atoms with Crippen LogP contribution in [0.15, 0.2) is 0 Å². The zero-order valence-electron chi connectivity index (χ0n) is 12.3. The van der Waals surface area contributed by atoms with E-state index in [0.29, 0.717) is 0 Å². The van der Waals surface area contributed by atoms with E-state index in [1.807, 2.05) is 0 Å². The van der Waals surface area contributed by atoms with Gasteiger partial charge in [-0.15, -0.1) is 0 Å². The highest BCUT2D eigenvalue weighted by atomic mass is 16.6. The van der Waals surface area contributed by atoms with Crippen molar-refractivity contribution in [1.82, 2.24) is 5.32 Å². The third-order valence-corrected chi connectivity index (χ3v) is 3.25. The Labute approximate surface area is 115 Å². The smallest absolute Gasteiger partial charge is 0.408 e. The first-order chi connectivity index (χ1) is 8.83. The first kappa shape index (κ1) is 15.8. The Morgan fingerprint density at radius 3 is 2.21 bits per heavy atom. The minimum absolute atomic E-state index is 0.147. The second-order valence-electron chi connectivity index (χ2n) is 6.05. The minimum Gasteiger partial charge on any atom is -0.467 e. The molecule has 0 saturated heterocycles. The second kappa shape index (κ2) is 6.78. The Balaban J connectivity index is 2.64. The Morgan fingerprint density at radius 2 is 1.74 bits per heavy atom. The molecule has 1 rings (SSSR count). The SMILES string of the molecule is COC(=O)[C@H](NC(=O)OC(C)(C)C)C1CCCCC1. The summed E-state index contributed by atoms with van der Waals surface area (Å²) < 4.78 is 9.98.